The highest BCUT2D eigenvalue weighted by Crippen LogP contribution is 2.39. The highest BCUT2D eigenvalue weighted by atomic mass is 19.4. The fourth-order valence-electron chi connectivity index (χ4n) is 4.82. The number of hydrogen-bond acceptors (Lipinski definition) is 6. The number of nitrogens with zero attached hydrogens (tertiary/aromatic N) is 5. The van der Waals surface area contributed by atoms with Gasteiger partial charge in [-0.15, -0.1) is 10.2 Å². The molecule has 1 aliphatic rings. The standard InChI is InChI=1S/C25H26F4N6O/c1-24(2,13-36)18-10-16(26)9-14-3-5-19(31-21(14)18)23-33-32-20-6-4-15(11-35(20)23)22(25(27,28)29)34-8-7-17(30)12-34/h3-6,9-11,17,22,36H,7-8,12-13,30H2,1-2H3. The Morgan fingerprint density at radius 2 is 1.92 bits per heavy atom. The zero-order valence-electron chi connectivity index (χ0n) is 19.8. The summed E-state index contributed by atoms with van der Waals surface area (Å²) in [6.07, 6.45) is -2.61. The maximum atomic E-state index is 14.3. The molecule has 2 atom stereocenters. The summed E-state index contributed by atoms with van der Waals surface area (Å²) in [6.45, 7) is 3.73. The van der Waals surface area contributed by atoms with E-state index in [2.05, 4.69) is 15.2 Å². The molecule has 0 saturated carbocycles. The van der Waals surface area contributed by atoms with E-state index >= 15 is 0 Å². The van der Waals surface area contributed by atoms with Crippen LogP contribution in [-0.2, 0) is 5.41 Å². The number of likely N-dealkylation sites (tertiary alicyclic amines) is 1. The van der Waals surface area contributed by atoms with E-state index in [0.717, 1.165) is 0 Å². The van der Waals surface area contributed by atoms with Crippen LogP contribution in [0.15, 0.2) is 42.6 Å². The van der Waals surface area contributed by atoms with Crippen LogP contribution in [0.25, 0.3) is 28.1 Å². The fourth-order valence-corrected chi connectivity index (χ4v) is 4.82. The highest BCUT2D eigenvalue weighted by molar-refractivity contribution is 5.85. The van der Waals surface area contributed by atoms with Crippen molar-refractivity contribution < 1.29 is 22.7 Å². The first-order valence-electron chi connectivity index (χ1n) is 11.6. The molecule has 1 aliphatic heterocycles. The molecule has 1 aromatic carbocycles. The largest absolute Gasteiger partial charge is 0.408 e. The van der Waals surface area contributed by atoms with Crippen molar-refractivity contribution in [3.63, 3.8) is 0 Å². The number of alkyl halides is 3. The third-order valence-corrected chi connectivity index (χ3v) is 6.78. The molecule has 36 heavy (non-hydrogen) atoms. The number of aliphatic hydroxyl groups excluding tert-OH is 1. The lowest BCUT2D eigenvalue weighted by atomic mass is 9.84. The van der Waals surface area contributed by atoms with E-state index in [9.17, 15) is 22.7 Å². The second-order valence-electron chi connectivity index (χ2n) is 9.97. The Kier molecular flexibility index (Phi) is 5.97. The molecule has 1 fully saturated rings. The summed E-state index contributed by atoms with van der Waals surface area (Å²) in [6, 6.07) is 6.78. The van der Waals surface area contributed by atoms with E-state index in [0.29, 0.717) is 34.2 Å². The minimum absolute atomic E-state index is 0.0510. The van der Waals surface area contributed by atoms with Crippen molar-refractivity contribution in [1.29, 1.82) is 0 Å². The molecule has 0 amide bonds. The first-order chi connectivity index (χ1) is 17.0. The number of aliphatic hydroxyl groups is 1. The Bertz CT molecular complexity index is 1430. The SMILES string of the molecule is CC(C)(CO)c1cc(F)cc2ccc(-c3nnc4ccc(C(N5CCC(N)C5)C(F)(F)F)cn34)nc12. The van der Waals surface area contributed by atoms with Gasteiger partial charge in [-0.2, -0.15) is 13.2 Å². The van der Waals surface area contributed by atoms with Crippen LogP contribution < -0.4 is 5.73 Å². The molecule has 7 nitrogen and oxygen atoms in total. The van der Waals surface area contributed by atoms with Gasteiger partial charge in [0, 0.05) is 36.1 Å². The summed E-state index contributed by atoms with van der Waals surface area (Å²) in [5.74, 6) is -0.198. The smallest absolute Gasteiger partial charge is 0.395 e. The average molecular weight is 503 g/mol. The van der Waals surface area contributed by atoms with E-state index in [1.165, 1.54) is 39.8 Å². The average Bonchev–Trinajstić information content (AvgIpc) is 3.43. The molecule has 0 spiro atoms. The number of hydrogen-bond donors (Lipinski definition) is 2. The lowest BCUT2D eigenvalue weighted by Crippen LogP contribution is -2.38. The second-order valence-corrected chi connectivity index (χ2v) is 9.97. The molecule has 4 heterocycles. The van der Waals surface area contributed by atoms with Gasteiger partial charge in [0.25, 0.3) is 0 Å². The first-order valence-corrected chi connectivity index (χ1v) is 11.6. The number of rotatable bonds is 5. The van der Waals surface area contributed by atoms with E-state index in [1.54, 1.807) is 26.0 Å². The molecule has 0 radical (unpaired) electrons. The molecule has 4 aromatic rings. The van der Waals surface area contributed by atoms with E-state index in [1.807, 2.05) is 0 Å². The minimum Gasteiger partial charge on any atom is -0.395 e. The number of benzene rings is 1. The normalized spacial score (nSPS) is 18.4. The van der Waals surface area contributed by atoms with Gasteiger partial charge >= 0.3 is 6.18 Å². The molecule has 2 unspecified atom stereocenters. The van der Waals surface area contributed by atoms with Gasteiger partial charge in [0.15, 0.2) is 11.5 Å². The first kappa shape index (κ1) is 24.5. The Balaban J connectivity index is 1.64. The van der Waals surface area contributed by atoms with Gasteiger partial charge in [-0.1, -0.05) is 26.0 Å². The van der Waals surface area contributed by atoms with Gasteiger partial charge in [-0.05, 0) is 41.8 Å². The maximum absolute atomic E-state index is 14.3. The summed E-state index contributed by atoms with van der Waals surface area (Å²) in [4.78, 5) is 6.03. The minimum atomic E-state index is -4.50. The van der Waals surface area contributed by atoms with Crippen molar-refractivity contribution in [2.24, 2.45) is 5.73 Å². The molecular weight excluding hydrogens is 476 g/mol. The molecule has 5 rings (SSSR count). The summed E-state index contributed by atoms with van der Waals surface area (Å²) in [5, 5.41) is 18.7. The van der Waals surface area contributed by atoms with Crippen LogP contribution in [0, 0.1) is 5.82 Å². The van der Waals surface area contributed by atoms with Crippen LogP contribution in [0.4, 0.5) is 17.6 Å². The van der Waals surface area contributed by atoms with Crippen molar-refractivity contribution in [1.82, 2.24) is 24.5 Å². The predicted octanol–water partition coefficient (Wildman–Crippen LogP) is 3.99. The third-order valence-electron chi connectivity index (χ3n) is 6.78. The lowest BCUT2D eigenvalue weighted by Gasteiger charge is -2.30. The zero-order chi connectivity index (χ0) is 25.8. The summed E-state index contributed by atoms with van der Waals surface area (Å²) in [5.41, 5.74) is 6.87. The Labute approximate surface area is 204 Å². The van der Waals surface area contributed by atoms with Gasteiger partial charge in [0.1, 0.15) is 17.6 Å². The monoisotopic (exact) mass is 502 g/mol. The van der Waals surface area contributed by atoms with Crippen molar-refractivity contribution in [3.8, 4) is 11.5 Å². The quantitative estimate of drug-likeness (QED) is 0.401. The number of nitrogens with two attached hydrogens (primary N) is 1. The van der Waals surface area contributed by atoms with Gasteiger partial charge in [-0.25, -0.2) is 9.37 Å². The predicted molar refractivity (Wildman–Crippen MR) is 127 cm³/mol. The van der Waals surface area contributed by atoms with Crippen LogP contribution >= 0.6 is 0 Å². The van der Waals surface area contributed by atoms with Gasteiger partial charge < -0.3 is 10.8 Å². The molecule has 0 aliphatic carbocycles. The van der Waals surface area contributed by atoms with Crippen LogP contribution in [0.1, 0.15) is 37.4 Å². The summed E-state index contributed by atoms with van der Waals surface area (Å²) >= 11 is 0. The van der Waals surface area contributed by atoms with Crippen LogP contribution in [0.2, 0.25) is 0 Å². The molecule has 190 valence electrons. The fraction of sp³-hybridized carbons (Fsp3) is 0.400. The molecule has 3 aromatic heterocycles. The number of pyridine rings is 2. The molecule has 3 N–H and O–H groups in total. The van der Waals surface area contributed by atoms with Gasteiger partial charge in [0.2, 0.25) is 0 Å². The van der Waals surface area contributed by atoms with Crippen LogP contribution in [0.3, 0.4) is 0 Å². The molecule has 1 saturated heterocycles. The Hall–Kier alpha value is -3.15. The lowest BCUT2D eigenvalue weighted by molar-refractivity contribution is -0.183. The second kappa shape index (κ2) is 8.75. The summed E-state index contributed by atoms with van der Waals surface area (Å²) in [7, 11) is 0. The van der Waals surface area contributed by atoms with Crippen molar-refractivity contribution in [2.75, 3.05) is 19.7 Å². The number of halogens is 4. The Morgan fingerprint density at radius 3 is 2.58 bits per heavy atom. The van der Waals surface area contributed by atoms with Gasteiger partial charge in [0.05, 0.1) is 12.1 Å². The maximum Gasteiger partial charge on any atom is 0.408 e. The van der Waals surface area contributed by atoms with Crippen molar-refractivity contribution >= 4 is 16.6 Å². The molecule has 11 heteroatoms. The van der Waals surface area contributed by atoms with Crippen molar-refractivity contribution in [3.05, 3.63) is 59.5 Å². The molecular formula is C25H26F4N6O. The summed E-state index contributed by atoms with van der Waals surface area (Å²) < 4.78 is 58.2. The number of fused-ring (bicyclic) bond motifs is 2. The van der Waals surface area contributed by atoms with Crippen LogP contribution in [0.5, 0.6) is 0 Å². The van der Waals surface area contributed by atoms with E-state index < -0.39 is 23.5 Å². The Morgan fingerprint density at radius 1 is 1.14 bits per heavy atom. The third kappa shape index (κ3) is 4.31. The highest BCUT2D eigenvalue weighted by Gasteiger charge is 2.46. The van der Waals surface area contributed by atoms with Gasteiger partial charge in [-0.3, -0.25) is 9.30 Å². The van der Waals surface area contributed by atoms with E-state index in [-0.39, 0.29) is 37.1 Å². The molecule has 0 bridgehead atoms. The zero-order valence-corrected chi connectivity index (χ0v) is 19.8. The number of aromatic nitrogens is 4. The topological polar surface area (TPSA) is 92.6 Å². The van der Waals surface area contributed by atoms with Crippen LogP contribution in [-0.4, -0.2) is 61.5 Å². The van der Waals surface area contributed by atoms with E-state index in [4.69, 9.17) is 5.73 Å². The van der Waals surface area contributed by atoms with Crippen molar-refractivity contribution in [2.45, 2.75) is 43.9 Å².